The fourth-order valence-corrected chi connectivity index (χ4v) is 4.04. The van der Waals surface area contributed by atoms with E-state index in [-0.39, 0.29) is 6.04 Å². The number of rotatable bonds is 6. The third-order valence-electron chi connectivity index (χ3n) is 4.07. The third kappa shape index (κ3) is 4.03. The standard InChI is InChI=1S/C15H20ClN5OS/c1-22-9-6-21-15(17-18-19-21)14(20-7-10-23-11-8-20)12-2-4-13(16)5-3-12/h2-5,14H,6-11H2,1H3/p+1/t14-/m0/s1. The van der Waals surface area contributed by atoms with Crippen LogP contribution < -0.4 is 4.90 Å². The number of tetrazole rings is 1. The van der Waals surface area contributed by atoms with Gasteiger partial charge in [0, 0.05) is 29.2 Å². The predicted molar refractivity (Wildman–Crippen MR) is 91.0 cm³/mol. The van der Waals surface area contributed by atoms with E-state index in [4.69, 9.17) is 16.3 Å². The maximum absolute atomic E-state index is 6.05. The first kappa shape index (κ1) is 16.7. The van der Waals surface area contributed by atoms with Crippen LogP contribution in [0.5, 0.6) is 0 Å². The highest BCUT2D eigenvalue weighted by atomic mass is 35.5. The van der Waals surface area contributed by atoms with Gasteiger partial charge in [-0.2, -0.15) is 11.8 Å². The van der Waals surface area contributed by atoms with Crippen LogP contribution in [0.25, 0.3) is 0 Å². The minimum atomic E-state index is 0.125. The smallest absolute Gasteiger partial charge is 0.214 e. The number of ether oxygens (including phenoxy) is 1. The van der Waals surface area contributed by atoms with Gasteiger partial charge in [-0.05, 0) is 22.6 Å². The summed E-state index contributed by atoms with van der Waals surface area (Å²) in [4.78, 5) is 1.50. The normalized spacial score (nSPS) is 17.3. The lowest BCUT2D eigenvalue weighted by molar-refractivity contribution is -0.922. The molecule has 0 bridgehead atoms. The Morgan fingerprint density at radius 1 is 1.30 bits per heavy atom. The zero-order chi connectivity index (χ0) is 16.1. The Bertz CT molecular complexity index is 615. The Balaban J connectivity index is 1.94. The zero-order valence-electron chi connectivity index (χ0n) is 13.1. The number of hydrogen-bond acceptors (Lipinski definition) is 5. The van der Waals surface area contributed by atoms with Crippen molar-refractivity contribution in [2.45, 2.75) is 12.6 Å². The van der Waals surface area contributed by atoms with Gasteiger partial charge in [0.05, 0.1) is 26.2 Å². The van der Waals surface area contributed by atoms with E-state index in [0.717, 1.165) is 23.9 Å². The van der Waals surface area contributed by atoms with E-state index in [1.165, 1.54) is 22.0 Å². The molecule has 1 N–H and O–H groups in total. The molecule has 0 aliphatic carbocycles. The molecule has 2 aromatic rings. The number of halogens is 1. The second kappa shape index (κ2) is 8.10. The number of benzene rings is 1. The molecular formula is C15H21ClN5OS+. The first-order valence-electron chi connectivity index (χ1n) is 7.72. The maximum atomic E-state index is 6.05. The fraction of sp³-hybridized carbons (Fsp3) is 0.533. The summed E-state index contributed by atoms with van der Waals surface area (Å²) in [6.07, 6.45) is 0. The molecule has 0 unspecified atom stereocenters. The van der Waals surface area contributed by atoms with Gasteiger partial charge in [0.15, 0.2) is 6.04 Å². The van der Waals surface area contributed by atoms with Gasteiger partial charge in [-0.25, -0.2) is 4.68 Å². The Labute approximate surface area is 145 Å². The van der Waals surface area contributed by atoms with Crippen LogP contribution in [-0.4, -0.2) is 58.5 Å². The highest BCUT2D eigenvalue weighted by Crippen LogP contribution is 2.20. The van der Waals surface area contributed by atoms with Gasteiger partial charge >= 0.3 is 0 Å². The van der Waals surface area contributed by atoms with Gasteiger partial charge in [-0.15, -0.1) is 5.10 Å². The van der Waals surface area contributed by atoms with Crippen LogP contribution in [0, 0.1) is 0 Å². The Hall–Kier alpha value is -1.15. The monoisotopic (exact) mass is 354 g/mol. The van der Waals surface area contributed by atoms with Crippen LogP contribution in [0.3, 0.4) is 0 Å². The van der Waals surface area contributed by atoms with Crippen molar-refractivity contribution in [3.05, 3.63) is 40.7 Å². The Morgan fingerprint density at radius 3 is 2.74 bits per heavy atom. The van der Waals surface area contributed by atoms with E-state index in [0.29, 0.717) is 13.2 Å². The molecule has 3 rings (SSSR count). The van der Waals surface area contributed by atoms with Gasteiger partial charge in [0.2, 0.25) is 5.82 Å². The SMILES string of the molecule is COCCn1nnnc1[C@H](c1ccc(Cl)cc1)[NH+]1CCSCC1. The summed E-state index contributed by atoms with van der Waals surface area (Å²) in [6.45, 7) is 3.46. The van der Waals surface area contributed by atoms with Crippen molar-refractivity contribution in [2.75, 3.05) is 38.3 Å². The van der Waals surface area contributed by atoms with Gasteiger partial charge in [-0.1, -0.05) is 23.7 Å². The van der Waals surface area contributed by atoms with Gasteiger partial charge in [0.1, 0.15) is 0 Å². The first-order valence-corrected chi connectivity index (χ1v) is 9.25. The molecule has 1 aliphatic rings. The molecule has 1 aromatic carbocycles. The molecule has 8 heteroatoms. The van der Waals surface area contributed by atoms with Crippen LogP contribution in [0.15, 0.2) is 24.3 Å². The van der Waals surface area contributed by atoms with E-state index >= 15 is 0 Å². The lowest BCUT2D eigenvalue weighted by Gasteiger charge is -2.30. The second-order valence-electron chi connectivity index (χ2n) is 5.51. The van der Waals surface area contributed by atoms with Crippen LogP contribution in [-0.2, 0) is 11.3 Å². The molecule has 6 nitrogen and oxygen atoms in total. The predicted octanol–water partition coefficient (Wildman–Crippen LogP) is 0.694. The average molecular weight is 355 g/mol. The number of quaternary nitrogens is 1. The van der Waals surface area contributed by atoms with Crippen LogP contribution in [0.1, 0.15) is 17.4 Å². The quantitative estimate of drug-likeness (QED) is 0.827. The highest BCUT2D eigenvalue weighted by molar-refractivity contribution is 7.99. The minimum absolute atomic E-state index is 0.125. The number of thioether (sulfide) groups is 1. The summed E-state index contributed by atoms with van der Waals surface area (Å²) in [7, 11) is 1.69. The molecule has 2 heterocycles. The molecule has 0 saturated carbocycles. The van der Waals surface area contributed by atoms with Crippen LogP contribution in [0.4, 0.5) is 0 Å². The van der Waals surface area contributed by atoms with Crippen LogP contribution in [0.2, 0.25) is 5.02 Å². The fourth-order valence-electron chi connectivity index (χ4n) is 2.90. The molecule has 0 amide bonds. The van der Waals surface area contributed by atoms with Gasteiger partial charge in [0.25, 0.3) is 0 Å². The van der Waals surface area contributed by atoms with Gasteiger partial charge in [-0.3, -0.25) is 0 Å². The minimum Gasteiger partial charge on any atom is -0.383 e. The van der Waals surface area contributed by atoms with Crippen molar-refractivity contribution in [1.29, 1.82) is 0 Å². The molecule has 1 fully saturated rings. The second-order valence-corrected chi connectivity index (χ2v) is 7.17. The summed E-state index contributed by atoms with van der Waals surface area (Å²) >= 11 is 8.06. The summed E-state index contributed by atoms with van der Waals surface area (Å²) in [5.74, 6) is 3.23. The van der Waals surface area contributed by atoms with E-state index in [1.54, 1.807) is 7.11 Å². The van der Waals surface area contributed by atoms with Crippen molar-refractivity contribution in [3.8, 4) is 0 Å². The number of aromatic nitrogens is 4. The summed E-state index contributed by atoms with van der Waals surface area (Å²) in [5, 5.41) is 13.1. The molecule has 1 saturated heterocycles. The summed E-state index contributed by atoms with van der Waals surface area (Å²) in [5.41, 5.74) is 1.20. The van der Waals surface area contributed by atoms with Crippen molar-refractivity contribution < 1.29 is 9.64 Å². The lowest BCUT2D eigenvalue weighted by Crippen LogP contribution is -3.14. The zero-order valence-corrected chi connectivity index (χ0v) is 14.7. The Kier molecular flexibility index (Phi) is 5.88. The highest BCUT2D eigenvalue weighted by Gasteiger charge is 2.32. The number of hydrogen-bond donors (Lipinski definition) is 1. The topological polar surface area (TPSA) is 57.3 Å². The number of nitrogens with one attached hydrogen (secondary N) is 1. The van der Waals surface area contributed by atoms with Crippen molar-refractivity contribution >= 4 is 23.4 Å². The molecule has 1 atom stereocenters. The van der Waals surface area contributed by atoms with E-state index < -0.39 is 0 Å². The molecular weight excluding hydrogens is 334 g/mol. The molecule has 0 spiro atoms. The number of nitrogens with zero attached hydrogens (tertiary/aromatic N) is 4. The largest absolute Gasteiger partial charge is 0.383 e. The third-order valence-corrected chi connectivity index (χ3v) is 5.31. The Morgan fingerprint density at radius 2 is 2.04 bits per heavy atom. The van der Waals surface area contributed by atoms with Crippen molar-refractivity contribution in [2.24, 2.45) is 0 Å². The van der Waals surface area contributed by atoms with E-state index in [9.17, 15) is 0 Å². The number of methoxy groups -OCH3 is 1. The molecule has 1 aromatic heterocycles. The maximum Gasteiger partial charge on any atom is 0.214 e. The first-order chi connectivity index (χ1) is 11.3. The molecule has 23 heavy (non-hydrogen) atoms. The molecule has 1 aliphatic heterocycles. The summed E-state index contributed by atoms with van der Waals surface area (Å²) in [6, 6.07) is 8.16. The average Bonchev–Trinajstić information content (AvgIpc) is 3.04. The molecule has 124 valence electrons. The lowest BCUT2D eigenvalue weighted by atomic mass is 10.0. The van der Waals surface area contributed by atoms with Crippen LogP contribution >= 0.6 is 23.4 Å². The van der Waals surface area contributed by atoms with E-state index in [1.807, 2.05) is 28.6 Å². The summed E-state index contributed by atoms with van der Waals surface area (Å²) < 4.78 is 7.03. The van der Waals surface area contributed by atoms with E-state index in [2.05, 4.69) is 27.7 Å². The molecule has 0 radical (unpaired) electrons. The van der Waals surface area contributed by atoms with Crippen molar-refractivity contribution in [1.82, 2.24) is 20.2 Å². The van der Waals surface area contributed by atoms with Gasteiger partial charge < -0.3 is 9.64 Å². The van der Waals surface area contributed by atoms with Crippen molar-refractivity contribution in [3.63, 3.8) is 0 Å².